The summed E-state index contributed by atoms with van der Waals surface area (Å²) in [5.74, 6) is -4.63. The molecular formula is C21H31F4N5O3. The van der Waals surface area contributed by atoms with E-state index in [1.165, 1.54) is 0 Å². The Morgan fingerprint density at radius 3 is 2.48 bits per heavy atom. The number of anilines is 1. The first kappa shape index (κ1) is 28.0. The number of hydrogen-bond acceptors (Lipinski definition) is 7. The van der Waals surface area contributed by atoms with Gasteiger partial charge in [-0.3, -0.25) is 4.79 Å². The molecule has 1 aromatic heterocycles. The lowest BCUT2D eigenvalue weighted by atomic mass is 10.1. The van der Waals surface area contributed by atoms with Crippen molar-refractivity contribution < 1.29 is 31.8 Å². The molecule has 0 saturated heterocycles. The lowest BCUT2D eigenvalue weighted by Gasteiger charge is -2.17. The molecule has 0 aliphatic rings. The third-order valence-corrected chi connectivity index (χ3v) is 4.07. The topological polar surface area (TPSA) is 125 Å². The van der Waals surface area contributed by atoms with E-state index >= 15 is 0 Å². The number of carbonyl (C=O) groups is 1. The molecule has 0 aliphatic carbocycles. The van der Waals surface area contributed by atoms with E-state index in [9.17, 15) is 22.4 Å². The van der Waals surface area contributed by atoms with E-state index in [0.717, 1.165) is 23.4 Å². The molecule has 1 rings (SSSR count). The lowest BCUT2D eigenvalue weighted by molar-refractivity contribution is -0.158. The highest BCUT2D eigenvalue weighted by atomic mass is 19.3. The molecule has 186 valence electrons. The zero-order valence-corrected chi connectivity index (χ0v) is 19.0. The van der Waals surface area contributed by atoms with E-state index in [2.05, 4.69) is 20.4 Å². The molecule has 1 unspecified atom stereocenters. The maximum Gasteiger partial charge on any atom is 0.340 e. The van der Waals surface area contributed by atoms with Crippen LogP contribution in [-0.4, -0.2) is 43.2 Å². The van der Waals surface area contributed by atoms with Crippen molar-refractivity contribution in [3.05, 3.63) is 47.1 Å². The lowest BCUT2D eigenvalue weighted by Crippen LogP contribution is -2.33. The first-order valence-electron chi connectivity index (χ1n) is 10.1. The van der Waals surface area contributed by atoms with Crippen molar-refractivity contribution >= 4 is 11.7 Å². The molecule has 0 radical (unpaired) electrons. The summed E-state index contributed by atoms with van der Waals surface area (Å²) >= 11 is 0. The normalized spacial score (nSPS) is 13.9. The minimum absolute atomic E-state index is 0.281. The molecule has 33 heavy (non-hydrogen) atoms. The smallest absolute Gasteiger partial charge is 0.340 e. The van der Waals surface area contributed by atoms with Crippen molar-refractivity contribution in [2.75, 3.05) is 25.3 Å². The Kier molecular flexibility index (Phi) is 10.9. The third kappa shape index (κ3) is 10.4. The van der Waals surface area contributed by atoms with E-state index in [4.69, 9.17) is 16.2 Å². The number of allylic oxidation sites excluding steroid dienone is 2. The number of halogens is 4. The number of hydrogen-bond donors (Lipinski definition) is 4. The minimum atomic E-state index is -4.35. The zero-order valence-electron chi connectivity index (χ0n) is 19.0. The van der Waals surface area contributed by atoms with Crippen molar-refractivity contribution in [3.8, 4) is 0 Å². The SMILES string of the molecule is Cc1cc(C(C)NC(=O)/C(N)=C/C=C(\N)OCC(F)(F)C(F)F)cc(NCOCC(C)C)n1. The number of alkyl halides is 4. The number of rotatable bonds is 13. The van der Waals surface area contributed by atoms with E-state index < -0.39 is 36.8 Å². The molecule has 0 aromatic carbocycles. The predicted octanol–water partition coefficient (Wildman–Crippen LogP) is 3.17. The van der Waals surface area contributed by atoms with Gasteiger partial charge in [-0.1, -0.05) is 13.8 Å². The van der Waals surface area contributed by atoms with Gasteiger partial charge in [-0.05, 0) is 49.6 Å². The number of aryl methyl sites for hydroxylation is 1. The summed E-state index contributed by atoms with van der Waals surface area (Å²) < 4.78 is 59.8. The second-order valence-corrected chi connectivity index (χ2v) is 7.75. The fourth-order valence-electron chi connectivity index (χ4n) is 2.36. The monoisotopic (exact) mass is 477 g/mol. The highest BCUT2D eigenvalue weighted by Crippen LogP contribution is 2.23. The summed E-state index contributed by atoms with van der Waals surface area (Å²) in [6.45, 7) is 6.89. The van der Waals surface area contributed by atoms with Crippen molar-refractivity contribution in [1.29, 1.82) is 0 Å². The summed E-state index contributed by atoms with van der Waals surface area (Å²) in [4.78, 5) is 16.7. The number of carbonyl (C=O) groups excluding carboxylic acids is 1. The van der Waals surface area contributed by atoms with Crippen molar-refractivity contribution in [2.45, 2.75) is 46.1 Å². The molecule has 1 amide bonds. The summed E-state index contributed by atoms with van der Waals surface area (Å²) in [6.07, 6.45) is -1.94. The maximum absolute atomic E-state index is 12.8. The standard InChI is InChI=1S/C21H31F4N5O3/c1-12(2)9-32-11-28-18-8-15(7-13(3)29-18)14(4)30-19(31)16(26)5-6-17(27)33-10-21(24,25)20(22)23/h5-8,12,14,20H,9-11,26-27H2,1-4H3,(H,28,29)(H,30,31)/b16-5-,17-6+. The maximum atomic E-state index is 12.8. The molecule has 0 spiro atoms. The first-order valence-corrected chi connectivity index (χ1v) is 10.1. The quantitative estimate of drug-likeness (QED) is 0.0859. The number of amides is 1. The molecule has 6 N–H and O–H groups in total. The van der Waals surface area contributed by atoms with Gasteiger partial charge in [0.1, 0.15) is 12.5 Å². The Morgan fingerprint density at radius 1 is 1.21 bits per heavy atom. The van der Waals surface area contributed by atoms with Crippen LogP contribution in [0.25, 0.3) is 0 Å². The van der Waals surface area contributed by atoms with Gasteiger partial charge in [0, 0.05) is 5.69 Å². The molecule has 0 fully saturated rings. The highest BCUT2D eigenvalue weighted by molar-refractivity contribution is 5.93. The minimum Gasteiger partial charge on any atom is -0.473 e. The van der Waals surface area contributed by atoms with Gasteiger partial charge in [0.05, 0.1) is 18.3 Å². The van der Waals surface area contributed by atoms with Crippen LogP contribution in [-0.2, 0) is 14.3 Å². The molecule has 0 saturated carbocycles. The third-order valence-electron chi connectivity index (χ3n) is 4.07. The van der Waals surface area contributed by atoms with Gasteiger partial charge >= 0.3 is 12.3 Å². The Balaban J connectivity index is 2.70. The summed E-state index contributed by atoms with van der Waals surface area (Å²) in [6, 6.07) is 3.09. The molecule has 12 heteroatoms. The van der Waals surface area contributed by atoms with E-state index in [1.807, 2.05) is 13.8 Å². The van der Waals surface area contributed by atoms with Crippen LogP contribution in [0.4, 0.5) is 23.4 Å². The van der Waals surface area contributed by atoms with Crippen LogP contribution in [0.1, 0.15) is 38.1 Å². The van der Waals surface area contributed by atoms with Gasteiger partial charge in [-0.25, -0.2) is 13.8 Å². The molecule has 0 aliphatic heterocycles. The van der Waals surface area contributed by atoms with Crippen LogP contribution in [0.15, 0.2) is 35.9 Å². The van der Waals surface area contributed by atoms with Crippen LogP contribution in [0.2, 0.25) is 0 Å². The van der Waals surface area contributed by atoms with Crippen molar-refractivity contribution in [2.24, 2.45) is 17.4 Å². The van der Waals surface area contributed by atoms with Gasteiger partial charge in [0.25, 0.3) is 5.91 Å². The Morgan fingerprint density at radius 2 is 1.88 bits per heavy atom. The van der Waals surface area contributed by atoms with Crippen LogP contribution >= 0.6 is 0 Å². The molecule has 1 atom stereocenters. The van der Waals surface area contributed by atoms with Gasteiger partial charge in [-0.2, -0.15) is 8.78 Å². The van der Waals surface area contributed by atoms with E-state index in [-0.39, 0.29) is 12.4 Å². The molecule has 1 heterocycles. The van der Waals surface area contributed by atoms with E-state index in [1.54, 1.807) is 26.0 Å². The number of pyridine rings is 1. The Bertz CT molecular complexity index is 847. The molecular weight excluding hydrogens is 446 g/mol. The number of nitrogens with two attached hydrogens (primary N) is 2. The van der Waals surface area contributed by atoms with Crippen LogP contribution in [0.3, 0.4) is 0 Å². The zero-order chi connectivity index (χ0) is 25.2. The highest BCUT2D eigenvalue weighted by Gasteiger charge is 2.41. The number of nitrogens with zero attached hydrogens (tertiary/aromatic N) is 1. The molecule has 8 nitrogen and oxygen atoms in total. The van der Waals surface area contributed by atoms with Gasteiger partial charge in [-0.15, -0.1) is 0 Å². The summed E-state index contributed by atoms with van der Waals surface area (Å²) in [5.41, 5.74) is 12.2. The van der Waals surface area contributed by atoms with Crippen molar-refractivity contribution in [3.63, 3.8) is 0 Å². The fourth-order valence-corrected chi connectivity index (χ4v) is 2.36. The Labute approximate surface area is 190 Å². The number of nitrogens with one attached hydrogen (secondary N) is 2. The average Bonchev–Trinajstić information content (AvgIpc) is 2.72. The molecule has 0 bridgehead atoms. The summed E-state index contributed by atoms with van der Waals surface area (Å²) in [7, 11) is 0. The Hall–Kier alpha value is -3.02. The van der Waals surface area contributed by atoms with Crippen LogP contribution < -0.4 is 22.1 Å². The van der Waals surface area contributed by atoms with E-state index in [0.29, 0.717) is 18.3 Å². The average molecular weight is 478 g/mol. The number of aromatic nitrogens is 1. The fraction of sp³-hybridized carbons (Fsp3) is 0.524. The second-order valence-electron chi connectivity index (χ2n) is 7.75. The van der Waals surface area contributed by atoms with Crippen LogP contribution in [0.5, 0.6) is 0 Å². The van der Waals surface area contributed by atoms with Gasteiger partial charge in [0.2, 0.25) is 0 Å². The predicted molar refractivity (Wildman–Crippen MR) is 116 cm³/mol. The van der Waals surface area contributed by atoms with Gasteiger partial charge < -0.3 is 31.6 Å². The van der Waals surface area contributed by atoms with Gasteiger partial charge in [0.15, 0.2) is 12.5 Å². The second kappa shape index (κ2) is 12.9. The summed E-state index contributed by atoms with van der Waals surface area (Å²) in [5, 5.41) is 5.73. The number of ether oxygens (including phenoxy) is 2. The largest absolute Gasteiger partial charge is 0.473 e. The van der Waals surface area contributed by atoms with Crippen molar-refractivity contribution in [1.82, 2.24) is 10.3 Å². The first-order chi connectivity index (χ1) is 15.3. The molecule has 1 aromatic rings. The van der Waals surface area contributed by atoms with Crippen LogP contribution in [0, 0.1) is 12.8 Å².